The SMILES string of the molecule is CCCCCC(O)C=C=C1C(C)(O)CC(O)C1(C)C. The van der Waals surface area contributed by atoms with Crippen LogP contribution in [-0.2, 0) is 0 Å². The standard InChI is InChI=1S/C16H28O3/c1-5-6-7-8-12(17)9-10-13-15(2,3)14(18)11-16(13,4)19/h9,12,14,17-19H,5-8,11H2,1-4H3. The Bertz CT molecular complexity index is 362. The van der Waals surface area contributed by atoms with E-state index in [2.05, 4.69) is 12.7 Å². The van der Waals surface area contributed by atoms with Crippen LogP contribution in [0.1, 0.15) is 59.8 Å². The first-order valence-corrected chi connectivity index (χ1v) is 7.28. The molecule has 1 aliphatic rings. The van der Waals surface area contributed by atoms with Gasteiger partial charge in [-0.1, -0.05) is 40.0 Å². The molecule has 3 nitrogen and oxygen atoms in total. The summed E-state index contributed by atoms with van der Waals surface area (Å²) in [4.78, 5) is 0. The van der Waals surface area contributed by atoms with E-state index in [9.17, 15) is 15.3 Å². The molecule has 0 aromatic heterocycles. The third-order valence-electron chi connectivity index (χ3n) is 4.13. The first-order valence-electron chi connectivity index (χ1n) is 7.28. The molecule has 110 valence electrons. The molecule has 0 heterocycles. The summed E-state index contributed by atoms with van der Waals surface area (Å²) in [6, 6.07) is 0. The summed E-state index contributed by atoms with van der Waals surface area (Å²) in [5.74, 6) is 0. The van der Waals surface area contributed by atoms with Crippen LogP contribution in [0.3, 0.4) is 0 Å². The molecule has 0 amide bonds. The van der Waals surface area contributed by atoms with E-state index < -0.39 is 23.2 Å². The van der Waals surface area contributed by atoms with Crippen molar-refractivity contribution in [3.05, 3.63) is 17.4 Å². The summed E-state index contributed by atoms with van der Waals surface area (Å²) in [6.45, 7) is 7.63. The van der Waals surface area contributed by atoms with Gasteiger partial charge in [0.2, 0.25) is 0 Å². The van der Waals surface area contributed by atoms with Gasteiger partial charge in [-0.15, -0.1) is 5.73 Å². The van der Waals surface area contributed by atoms with Crippen LogP contribution in [0.15, 0.2) is 17.4 Å². The van der Waals surface area contributed by atoms with E-state index >= 15 is 0 Å². The van der Waals surface area contributed by atoms with Gasteiger partial charge in [0.1, 0.15) is 0 Å². The average molecular weight is 268 g/mol. The second kappa shape index (κ2) is 6.23. The van der Waals surface area contributed by atoms with Gasteiger partial charge < -0.3 is 15.3 Å². The number of aliphatic hydroxyl groups is 3. The zero-order chi connectivity index (χ0) is 14.7. The minimum Gasteiger partial charge on any atom is -0.392 e. The van der Waals surface area contributed by atoms with Crippen LogP contribution in [0.25, 0.3) is 0 Å². The fourth-order valence-electron chi connectivity index (χ4n) is 2.80. The maximum Gasteiger partial charge on any atom is 0.0933 e. The predicted molar refractivity (Wildman–Crippen MR) is 76.8 cm³/mol. The number of hydrogen-bond donors (Lipinski definition) is 3. The normalized spacial score (nSPS) is 31.1. The molecule has 3 N–H and O–H groups in total. The molecule has 1 saturated carbocycles. The van der Waals surface area contributed by atoms with Crippen LogP contribution in [-0.4, -0.2) is 33.1 Å². The number of hydrogen-bond acceptors (Lipinski definition) is 3. The summed E-state index contributed by atoms with van der Waals surface area (Å²) >= 11 is 0. The molecular formula is C16H28O3. The average Bonchev–Trinajstić information content (AvgIpc) is 2.42. The van der Waals surface area contributed by atoms with Gasteiger partial charge in [0.15, 0.2) is 0 Å². The molecule has 3 unspecified atom stereocenters. The van der Waals surface area contributed by atoms with Gasteiger partial charge in [0, 0.05) is 17.4 Å². The topological polar surface area (TPSA) is 60.7 Å². The van der Waals surface area contributed by atoms with Crippen LogP contribution in [0.2, 0.25) is 0 Å². The van der Waals surface area contributed by atoms with Crippen molar-refractivity contribution in [3.8, 4) is 0 Å². The molecule has 1 aliphatic carbocycles. The molecule has 0 bridgehead atoms. The Hall–Kier alpha value is -0.600. The van der Waals surface area contributed by atoms with Crippen LogP contribution in [0, 0.1) is 5.41 Å². The molecule has 3 heteroatoms. The van der Waals surface area contributed by atoms with Crippen LogP contribution in [0.5, 0.6) is 0 Å². The van der Waals surface area contributed by atoms with Crippen molar-refractivity contribution in [2.45, 2.75) is 77.6 Å². The Morgan fingerprint density at radius 1 is 1.37 bits per heavy atom. The van der Waals surface area contributed by atoms with Gasteiger partial charge in [-0.3, -0.25) is 0 Å². The molecule has 0 aromatic rings. The molecule has 0 aromatic carbocycles. The fraction of sp³-hybridized carbons (Fsp3) is 0.812. The van der Waals surface area contributed by atoms with Crippen molar-refractivity contribution in [1.29, 1.82) is 0 Å². The van der Waals surface area contributed by atoms with Crippen molar-refractivity contribution in [1.82, 2.24) is 0 Å². The van der Waals surface area contributed by atoms with Crippen molar-refractivity contribution < 1.29 is 15.3 Å². The van der Waals surface area contributed by atoms with Crippen molar-refractivity contribution in [2.75, 3.05) is 0 Å². The van der Waals surface area contributed by atoms with Crippen molar-refractivity contribution in [3.63, 3.8) is 0 Å². The van der Waals surface area contributed by atoms with Crippen molar-refractivity contribution >= 4 is 0 Å². The van der Waals surface area contributed by atoms with E-state index in [1.165, 1.54) is 0 Å². The molecular weight excluding hydrogens is 240 g/mol. The smallest absolute Gasteiger partial charge is 0.0933 e. The van der Waals surface area contributed by atoms with Gasteiger partial charge >= 0.3 is 0 Å². The summed E-state index contributed by atoms with van der Waals surface area (Å²) in [7, 11) is 0. The summed E-state index contributed by atoms with van der Waals surface area (Å²) in [5.41, 5.74) is 2.20. The van der Waals surface area contributed by atoms with E-state index in [4.69, 9.17) is 0 Å². The second-order valence-corrected chi connectivity index (χ2v) is 6.46. The van der Waals surface area contributed by atoms with Crippen molar-refractivity contribution in [2.24, 2.45) is 5.41 Å². The Morgan fingerprint density at radius 3 is 2.47 bits per heavy atom. The lowest BCUT2D eigenvalue weighted by molar-refractivity contribution is 0.0591. The maximum absolute atomic E-state index is 10.3. The third kappa shape index (κ3) is 3.93. The highest BCUT2D eigenvalue weighted by Crippen LogP contribution is 2.47. The van der Waals surface area contributed by atoms with Gasteiger partial charge in [-0.05, 0) is 19.4 Å². The number of unbranched alkanes of at least 4 members (excludes halogenated alkanes) is 2. The van der Waals surface area contributed by atoms with Gasteiger partial charge in [0.25, 0.3) is 0 Å². The molecule has 0 spiro atoms. The fourth-order valence-corrected chi connectivity index (χ4v) is 2.80. The largest absolute Gasteiger partial charge is 0.392 e. The molecule has 3 atom stereocenters. The molecule has 0 saturated heterocycles. The van der Waals surface area contributed by atoms with Crippen LogP contribution in [0.4, 0.5) is 0 Å². The molecule has 19 heavy (non-hydrogen) atoms. The predicted octanol–water partition coefficient (Wildman–Crippen LogP) is 2.55. The minimum atomic E-state index is -1.04. The zero-order valence-corrected chi connectivity index (χ0v) is 12.6. The summed E-state index contributed by atoms with van der Waals surface area (Å²) in [6.07, 6.45) is 4.81. The zero-order valence-electron chi connectivity index (χ0n) is 12.6. The number of rotatable bonds is 5. The lowest BCUT2D eigenvalue weighted by Gasteiger charge is -2.25. The van der Waals surface area contributed by atoms with Gasteiger partial charge in [-0.2, -0.15) is 0 Å². The van der Waals surface area contributed by atoms with Crippen LogP contribution < -0.4 is 0 Å². The highest BCUT2D eigenvalue weighted by molar-refractivity contribution is 5.30. The first-order chi connectivity index (χ1) is 8.71. The highest BCUT2D eigenvalue weighted by Gasteiger charge is 2.50. The molecule has 0 aliphatic heterocycles. The highest BCUT2D eigenvalue weighted by atomic mass is 16.3. The Balaban J connectivity index is 2.83. The van der Waals surface area contributed by atoms with E-state index in [1.807, 2.05) is 13.8 Å². The number of aliphatic hydroxyl groups excluding tert-OH is 2. The summed E-state index contributed by atoms with van der Waals surface area (Å²) < 4.78 is 0. The Morgan fingerprint density at radius 2 is 2.00 bits per heavy atom. The quantitative estimate of drug-likeness (QED) is 0.530. The maximum atomic E-state index is 10.3. The molecule has 1 fully saturated rings. The monoisotopic (exact) mass is 268 g/mol. The molecule has 1 rings (SSSR count). The van der Waals surface area contributed by atoms with E-state index in [-0.39, 0.29) is 0 Å². The Kier molecular flexibility index (Phi) is 5.40. The Labute approximate surface area is 116 Å². The third-order valence-corrected chi connectivity index (χ3v) is 4.13. The lowest BCUT2D eigenvalue weighted by Crippen LogP contribution is -2.26. The van der Waals surface area contributed by atoms with Crippen LogP contribution >= 0.6 is 0 Å². The van der Waals surface area contributed by atoms with E-state index in [1.54, 1.807) is 13.0 Å². The van der Waals surface area contributed by atoms with Gasteiger partial charge in [0.05, 0.1) is 17.8 Å². The summed E-state index contributed by atoms with van der Waals surface area (Å²) in [5, 5.41) is 30.2. The van der Waals surface area contributed by atoms with E-state index in [0.29, 0.717) is 12.0 Å². The molecule has 0 radical (unpaired) electrons. The van der Waals surface area contributed by atoms with E-state index in [0.717, 1.165) is 25.7 Å². The van der Waals surface area contributed by atoms with Gasteiger partial charge in [-0.25, -0.2) is 0 Å². The minimum absolute atomic E-state index is 0.322. The lowest BCUT2D eigenvalue weighted by atomic mass is 9.82. The second-order valence-electron chi connectivity index (χ2n) is 6.46. The first kappa shape index (κ1) is 16.5.